The van der Waals surface area contributed by atoms with Crippen LogP contribution in [0.15, 0.2) is 5.16 Å². The number of nitrogens with two attached hydrogens (primary N) is 1. The monoisotopic (exact) mass is 158 g/mol. The van der Waals surface area contributed by atoms with Crippen LogP contribution in [0.4, 0.5) is 0 Å². The molecule has 1 saturated heterocycles. The van der Waals surface area contributed by atoms with E-state index in [4.69, 9.17) is 15.7 Å². The second-order valence-corrected chi connectivity index (χ2v) is 2.85. The van der Waals surface area contributed by atoms with Crippen molar-refractivity contribution in [1.82, 2.24) is 0 Å². The summed E-state index contributed by atoms with van der Waals surface area (Å²) in [5.74, 6) is 0.872. The fourth-order valence-electron chi connectivity index (χ4n) is 1.29. The van der Waals surface area contributed by atoms with E-state index in [0.717, 1.165) is 26.1 Å². The first kappa shape index (κ1) is 8.33. The molecule has 0 radical (unpaired) electrons. The van der Waals surface area contributed by atoms with Crippen molar-refractivity contribution < 1.29 is 9.94 Å². The van der Waals surface area contributed by atoms with E-state index in [1.165, 1.54) is 0 Å². The zero-order valence-electron chi connectivity index (χ0n) is 6.49. The highest BCUT2D eigenvalue weighted by Crippen LogP contribution is 2.17. The number of oxime groups is 1. The number of hydrogen-bond acceptors (Lipinski definition) is 3. The van der Waals surface area contributed by atoms with Crippen molar-refractivity contribution in [3.8, 4) is 0 Å². The summed E-state index contributed by atoms with van der Waals surface area (Å²) in [6.45, 7) is 1.62. The Kier molecular flexibility index (Phi) is 3.16. The molecule has 1 fully saturated rings. The summed E-state index contributed by atoms with van der Waals surface area (Å²) in [5.41, 5.74) is 5.36. The van der Waals surface area contributed by atoms with Crippen LogP contribution in [0.1, 0.15) is 19.3 Å². The second-order valence-electron chi connectivity index (χ2n) is 2.85. The van der Waals surface area contributed by atoms with Gasteiger partial charge in [0.2, 0.25) is 0 Å². The van der Waals surface area contributed by atoms with E-state index >= 15 is 0 Å². The molecule has 1 aliphatic heterocycles. The van der Waals surface area contributed by atoms with Crippen molar-refractivity contribution >= 4 is 5.84 Å². The zero-order chi connectivity index (χ0) is 8.10. The Morgan fingerprint density at radius 2 is 2.18 bits per heavy atom. The predicted octanol–water partition coefficient (Wildman–Crippen LogP) is 0.549. The Morgan fingerprint density at radius 1 is 1.55 bits per heavy atom. The minimum atomic E-state index is 0.330. The van der Waals surface area contributed by atoms with Gasteiger partial charge in [0.05, 0.1) is 0 Å². The molecule has 4 nitrogen and oxygen atoms in total. The van der Waals surface area contributed by atoms with Crippen LogP contribution >= 0.6 is 0 Å². The summed E-state index contributed by atoms with van der Waals surface area (Å²) in [5, 5.41) is 11.2. The standard InChI is InChI=1S/C7H14N2O2/c8-7(9-10)5-6-1-3-11-4-2-6/h6,10H,1-5H2,(H2,8,9). The van der Waals surface area contributed by atoms with Crippen molar-refractivity contribution in [2.45, 2.75) is 19.3 Å². The number of amidine groups is 1. The molecule has 0 aromatic carbocycles. The minimum Gasteiger partial charge on any atom is -0.409 e. The summed E-state index contributed by atoms with van der Waals surface area (Å²) in [7, 11) is 0. The molecule has 0 aromatic heterocycles. The van der Waals surface area contributed by atoms with Gasteiger partial charge in [-0.05, 0) is 18.8 Å². The maximum absolute atomic E-state index is 8.30. The van der Waals surface area contributed by atoms with Gasteiger partial charge in [-0.25, -0.2) is 0 Å². The first-order valence-electron chi connectivity index (χ1n) is 3.87. The molecule has 0 amide bonds. The van der Waals surface area contributed by atoms with Gasteiger partial charge in [0.25, 0.3) is 0 Å². The molecule has 0 bridgehead atoms. The van der Waals surface area contributed by atoms with Gasteiger partial charge >= 0.3 is 0 Å². The molecule has 0 spiro atoms. The van der Waals surface area contributed by atoms with Gasteiger partial charge in [-0.3, -0.25) is 0 Å². The topological polar surface area (TPSA) is 67.8 Å². The third-order valence-electron chi connectivity index (χ3n) is 1.97. The molecule has 4 heteroatoms. The lowest BCUT2D eigenvalue weighted by atomic mass is 9.96. The first-order chi connectivity index (χ1) is 5.33. The fourth-order valence-corrected chi connectivity index (χ4v) is 1.29. The van der Waals surface area contributed by atoms with Crippen LogP contribution in [-0.4, -0.2) is 24.3 Å². The van der Waals surface area contributed by atoms with Gasteiger partial charge in [-0.2, -0.15) is 0 Å². The van der Waals surface area contributed by atoms with Gasteiger partial charge in [0, 0.05) is 19.6 Å². The van der Waals surface area contributed by atoms with Crippen molar-refractivity contribution in [3.63, 3.8) is 0 Å². The average molecular weight is 158 g/mol. The Labute approximate surface area is 66.0 Å². The van der Waals surface area contributed by atoms with Gasteiger partial charge in [0.15, 0.2) is 0 Å². The lowest BCUT2D eigenvalue weighted by Crippen LogP contribution is -2.22. The Bertz CT molecular complexity index is 141. The molecule has 0 atom stereocenters. The normalized spacial score (nSPS) is 22.0. The number of rotatable bonds is 2. The summed E-state index contributed by atoms with van der Waals surface area (Å²) < 4.78 is 5.17. The molecule has 11 heavy (non-hydrogen) atoms. The molecule has 1 rings (SSSR count). The van der Waals surface area contributed by atoms with E-state index in [2.05, 4.69) is 5.16 Å². The summed E-state index contributed by atoms with van der Waals surface area (Å²) in [6, 6.07) is 0. The molecule has 0 aromatic rings. The predicted molar refractivity (Wildman–Crippen MR) is 41.6 cm³/mol. The molecule has 1 aliphatic rings. The molecule has 64 valence electrons. The van der Waals surface area contributed by atoms with Gasteiger partial charge in [-0.15, -0.1) is 0 Å². The van der Waals surface area contributed by atoms with E-state index in [9.17, 15) is 0 Å². The molecule has 3 N–H and O–H groups in total. The smallest absolute Gasteiger partial charge is 0.139 e. The molecule has 0 aliphatic carbocycles. The Hall–Kier alpha value is -0.770. The zero-order valence-corrected chi connectivity index (χ0v) is 6.49. The molecular formula is C7H14N2O2. The van der Waals surface area contributed by atoms with Gasteiger partial charge in [0.1, 0.15) is 5.84 Å². The highest BCUT2D eigenvalue weighted by atomic mass is 16.5. The molecule has 0 saturated carbocycles. The average Bonchev–Trinajstić information content (AvgIpc) is 2.06. The second kappa shape index (κ2) is 4.18. The molecule has 0 unspecified atom stereocenters. The van der Waals surface area contributed by atoms with Crippen LogP contribution in [0.25, 0.3) is 0 Å². The quantitative estimate of drug-likeness (QED) is 0.267. The van der Waals surface area contributed by atoms with Crippen LogP contribution in [0, 0.1) is 5.92 Å². The fraction of sp³-hybridized carbons (Fsp3) is 0.857. The highest BCUT2D eigenvalue weighted by molar-refractivity contribution is 5.79. The van der Waals surface area contributed by atoms with E-state index < -0.39 is 0 Å². The Balaban J connectivity index is 2.24. The molecular weight excluding hydrogens is 144 g/mol. The van der Waals surface area contributed by atoms with Gasteiger partial charge in [-0.1, -0.05) is 5.16 Å². The van der Waals surface area contributed by atoms with E-state index in [-0.39, 0.29) is 0 Å². The summed E-state index contributed by atoms with van der Waals surface area (Å²) >= 11 is 0. The third-order valence-corrected chi connectivity index (χ3v) is 1.97. The lowest BCUT2D eigenvalue weighted by molar-refractivity contribution is 0.0681. The van der Waals surface area contributed by atoms with Crippen LogP contribution in [0.2, 0.25) is 0 Å². The number of nitrogens with zero attached hydrogens (tertiary/aromatic N) is 1. The minimum absolute atomic E-state index is 0.330. The highest BCUT2D eigenvalue weighted by Gasteiger charge is 2.14. The summed E-state index contributed by atoms with van der Waals surface area (Å²) in [6.07, 6.45) is 2.74. The molecule has 1 heterocycles. The van der Waals surface area contributed by atoms with E-state index in [1.807, 2.05) is 0 Å². The van der Waals surface area contributed by atoms with Crippen LogP contribution in [-0.2, 0) is 4.74 Å². The van der Waals surface area contributed by atoms with Crippen LogP contribution < -0.4 is 5.73 Å². The largest absolute Gasteiger partial charge is 0.409 e. The van der Waals surface area contributed by atoms with Gasteiger partial charge < -0.3 is 15.7 Å². The van der Waals surface area contributed by atoms with Crippen molar-refractivity contribution in [1.29, 1.82) is 0 Å². The maximum atomic E-state index is 8.30. The lowest BCUT2D eigenvalue weighted by Gasteiger charge is -2.20. The first-order valence-corrected chi connectivity index (χ1v) is 3.87. The SMILES string of the molecule is NC(CC1CCOCC1)=NO. The van der Waals surface area contributed by atoms with Crippen LogP contribution in [0.5, 0.6) is 0 Å². The van der Waals surface area contributed by atoms with Crippen molar-refractivity contribution in [2.75, 3.05) is 13.2 Å². The maximum Gasteiger partial charge on any atom is 0.139 e. The number of hydrogen-bond donors (Lipinski definition) is 2. The van der Waals surface area contributed by atoms with E-state index in [1.54, 1.807) is 0 Å². The Morgan fingerprint density at radius 3 is 2.73 bits per heavy atom. The van der Waals surface area contributed by atoms with E-state index in [0.29, 0.717) is 18.2 Å². The van der Waals surface area contributed by atoms with Crippen LogP contribution in [0.3, 0.4) is 0 Å². The third kappa shape index (κ3) is 2.76. The summed E-state index contributed by atoms with van der Waals surface area (Å²) in [4.78, 5) is 0. The van der Waals surface area contributed by atoms with Crippen molar-refractivity contribution in [3.05, 3.63) is 0 Å². The number of ether oxygens (including phenoxy) is 1. The van der Waals surface area contributed by atoms with Crippen molar-refractivity contribution in [2.24, 2.45) is 16.8 Å².